The number of furan rings is 1. The molecule has 3 atom stereocenters. The van der Waals surface area contributed by atoms with Crippen LogP contribution in [0.2, 0.25) is 0 Å². The smallest absolute Gasteiger partial charge is 0.268 e. The van der Waals surface area contributed by atoms with Crippen LogP contribution in [-0.2, 0) is 16.4 Å². The lowest BCUT2D eigenvalue weighted by atomic mass is 9.79. The fourth-order valence-corrected chi connectivity index (χ4v) is 14.2. The molecule has 16 nitrogen and oxygen atoms in total. The van der Waals surface area contributed by atoms with E-state index < -0.39 is 21.7 Å². The van der Waals surface area contributed by atoms with Crippen LogP contribution in [-0.4, -0.2) is 87.2 Å². The minimum absolute atomic E-state index is 0.0142. The number of piperidine rings is 2. The van der Waals surface area contributed by atoms with Crippen LogP contribution in [0.15, 0.2) is 101 Å². The second-order valence-electron chi connectivity index (χ2n) is 23.0. The average Bonchev–Trinajstić information content (AvgIpc) is 4.23. The van der Waals surface area contributed by atoms with Gasteiger partial charge in [-0.1, -0.05) is 63.9 Å². The van der Waals surface area contributed by atoms with E-state index in [1.165, 1.54) is 42.1 Å². The van der Waals surface area contributed by atoms with Crippen LogP contribution < -0.4 is 34.2 Å². The molecule has 4 aromatic heterocycles. The summed E-state index contributed by atoms with van der Waals surface area (Å²) in [5, 5.41) is 18.1. The number of hydrogen-bond donors (Lipinski definition) is 5. The molecule has 5 N–H and O–H groups in total. The number of anilines is 2. The van der Waals surface area contributed by atoms with Gasteiger partial charge >= 0.3 is 0 Å². The molecule has 1 saturated carbocycles. The number of aromatic amines is 2. The Hall–Kier alpha value is -7.12. The molecular formula is C63H75FN8O8S. The second kappa shape index (κ2) is 23.4. The molecule has 11 rings (SSSR count). The molecule has 2 aliphatic heterocycles. The lowest BCUT2D eigenvalue weighted by Gasteiger charge is -2.47. The molecule has 81 heavy (non-hydrogen) atoms. The maximum absolute atomic E-state index is 15.2. The summed E-state index contributed by atoms with van der Waals surface area (Å²) < 4.78 is 71.0. The van der Waals surface area contributed by atoms with Crippen LogP contribution >= 0.6 is 0 Å². The number of sulfonamides is 1. The normalized spacial score (nSPS) is 19.9. The Morgan fingerprint density at radius 3 is 2.46 bits per heavy atom. The van der Waals surface area contributed by atoms with Crippen molar-refractivity contribution in [2.24, 2.45) is 17.8 Å². The number of nitrogens with zero attached hydrogens (tertiary/aromatic N) is 3. The zero-order chi connectivity index (χ0) is 56.7. The van der Waals surface area contributed by atoms with Crippen LogP contribution in [0.4, 0.5) is 21.5 Å². The number of hydrogen-bond acceptors (Lipinski definition) is 12. The van der Waals surface area contributed by atoms with Crippen molar-refractivity contribution in [2.45, 2.75) is 115 Å². The second-order valence-corrected chi connectivity index (χ2v) is 24.6. The maximum atomic E-state index is 15.2. The summed E-state index contributed by atoms with van der Waals surface area (Å²) in [6, 6.07) is 25.3. The van der Waals surface area contributed by atoms with E-state index in [1.807, 2.05) is 19.1 Å². The Labute approximate surface area is 473 Å². The number of nitrogens with one attached hydrogen (secondary N) is 5. The molecule has 0 radical (unpaired) electrons. The van der Waals surface area contributed by atoms with E-state index in [2.05, 4.69) is 92.0 Å². The number of carbonyl (C=O) groups excluding carboxylic acids is 1. The van der Waals surface area contributed by atoms with Crippen molar-refractivity contribution < 1.29 is 41.3 Å². The van der Waals surface area contributed by atoms with Gasteiger partial charge in [0, 0.05) is 78.8 Å². The van der Waals surface area contributed by atoms with Crippen LogP contribution in [0.1, 0.15) is 124 Å². The van der Waals surface area contributed by atoms with Gasteiger partial charge in [-0.3, -0.25) is 9.69 Å². The first-order chi connectivity index (χ1) is 39.1. The van der Waals surface area contributed by atoms with Crippen molar-refractivity contribution in [2.75, 3.05) is 57.2 Å². The summed E-state index contributed by atoms with van der Waals surface area (Å²) in [6.07, 6.45) is 12.0. The van der Waals surface area contributed by atoms with Gasteiger partial charge in [-0.2, -0.15) is 4.98 Å². The highest BCUT2D eigenvalue weighted by Gasteiger charge is 2.38. The number of halogens is 1. The van der Waals surface area contributed by atoms with Crippen LogP contribution in [0, 0.1) is 35.7 Å². The molecule has 0 bridgehead atoms. The van der Waals surface area contributed by atoms with Crippen molar-refractivity contribution in [3.8, 4) is 23.1 Å². The van der Waals surface area contributed by atoms with Gasteiger partial charge in [-0.05, 0) is 136 Å². The number of likely N-dealkylation sites (tertiary alicyclic amines) is 1. The number of methoxy groups -OCH3 is 1. The summed E-state index contributed by atoms with van der Waals surface area (Å²) in [7, 11) is -1.55. The Kier molecular flexibility index (Phi) is 16.1. The third kappa shape index (κ3) is 11.4. The first-order valence-electron chi connectivity index (χ1n) is 28.8. The SMILES string of the molecule is CCOc1nc2[nH]cc(F)c2cc1Oc1cc(N2CCC(N3CCC(Cc4ccc(OC)c5oc(C)cc45)C[C@H]3c3ccccc3C(C)C)CC2)ccc1C(=O)NS(=O)(=O)c1cc([NH+](C)[O-])c(NC[C@H]2CC[C@@H](C)CC2)c2[nH]ccc12. The fraction of sp³-hybridized carbons (Fsp3) is 0.429. The van der Waals surface area contributed by atoms with Crippen molar-refractivity contribution in [1.82, 2.24) is 24.6 Å². The summed E-state index contributed by atoms with van der Waals surface area (Å²) in [6.45, 7) is 13.8. The zero-order valence-electron chi connectivity index (χ0n) is 47.4. The van der Waals surface area contributed by atoms with E-state index in [9.17, 15) is 18.4 Å². The van der Waals surface area contributed by atoms with Gasteiger partial charge in [-0.15, -0.1) is 0 Å². The van der Waals surface area contributed by atoms with E-state index in [1.54, 1.807) is 38.4 Å². The number of fused-ring (bicyclic) bond motifs is 3. The van der Waals surface area contributed by atoms with E-state index in [0.717, 1.165) is 92.5 Å². The summed E-state index contributed by atoms with van der Waals surface area (Å²) in [5.41, 5.74) is 6.93. The molecule has 3 aliphatic rings. The minimum Gasteiger partial charge on any atom is -0.629 e. The standard InChI is InChI=1S/C63H75FN8O8S/c1-8-78-63-56(33-50-51(64)36-67-61(50)68-63)80-55-32-44(18-19-47(55)62(73)69-81(75,76)57-34-53(70(6)74)59(58-48(57)21-25-65-58)66-35-40-15-13-38(4)14-16-40)71-26-23-43(24-27-71)72-28-22-41(31-52(72)46-12-10-9-11-45(46)37(2)3)30-42-17-20-54(77-7)60-49(42)29-39(5)79-60/h9-12,17-21,25,29,32-34,36-38,40-41,43,52,65-66,70H,8,13-16,22-24,26-28,30-31,35H2,1-7H3,(H,67,68)(H,69,73)/t38-,40+,41?,52-/m0/s1. The number of benzene rings is 4. The van der Waals surface area contributed by atoms with Gasteiger partial charge in [0.15, 0.2) is 22.8 Å². The molecule has 6 heterocycles. The summed E-state index contributed by atoms with van der Waals surface area (Å²) in [4.78, 5) is 30.0. The number of rotatable bonds is 18. The number of ether oxygens (including phenoxy) is 3. The number of quaternary nitrogens is 1. The predicted octanol–water partition coefficient (Wildman–Crippen LogP) is 12.2. The molecule has 0 spiro atoms. The Morgan fingerprint density at radius 2 is 1.70 bits per heavy atom. The minimum atomic E-state index is -4.63. The molecule has 4 aromatic carbocycles. The fourth-order valence-electron chi connectivity index (χ4n) is 13.0. The van der Waals surface area contributed by atoms with Gasteiger partial charge in [0.1, 0.15) is 33.6 Å². The van der Waals surface area contributed by atoms with Crippen molar-refractivity contribution in [1.29, 1.82) is 0 Å². The number of aryl methyl sites for hydroxylation is 1. The molecule has 18 heteroatoms. The van der Waals surface area contributed by atoms with Crippen molar-refractivity contribution in [3.63, 3.8) is 0 Å². The number of aromatic nitrogens is 3. The lowest BCUT2D eigenvalue weighted by molar-refractivity contribution is -0.750. The van der Waals surface area contributed by atoms with Crippen LogP contribution in [0.5, 0.6) is 23.1 Å². The summed E-state index contributed by atoms with van der Waals surface area (Å²) in [5.74, 6) is 2.10. The molecule has 3 fully saturated rings. The van der Waals surface area contributed by atoms with Crippen molar-refractivity contribution >= 4 is 65.9 Å². The van der Waals surface area contributed by atoms with Gasteiger partial charge in [0.2, 0.25) is 0 Å². The highest BCUT2D eigenvalue weighted by atomic mass is 32.2. The number of pyridine rings is 1. The third-order valence-corrected chi connectivity index (χ3v) is 18.7. The average molecular weight is 1120 g/mol. The molecule has 2 saturated heterocycles. The molecule has 2 unspecified atom stereocenters. The van der Waals surface area contributed by atoms with Gasteiger partial charge in [-0.25, -0.2) is 17.5 Å². The number of hydroxylamine groups is 1. The lowest BCUT2D eigenvalue weighted by Crippen LogP contribution is -2.98. The molecule has 8 aromatic rings. The van der Waals surface area contributed by atoms with Crippen LogP contribution in [0.3, 0.4) is 0 Å². The summed E-state index contributed by atoms with van der Waals surface area (Å²) >= 11 is 0. The monoisotopic (exact) mass is 1120 g/mol. The topological polar surface area (TPSA) is 195 Å². The Balaban J connectivity index is 0.871. The largest absolute Gasteiger partial charge is 0.629 e. The first kappa shape index (κ1) is 55.8. The number of carbonyl (C=O) groups is 1. The van der Waals surface area contributed by atoms with Crippen LogP contribution in [0.25, 0.3) is 32.9 Å². The number of amides is 1. The molecule has 428 valence electrons. The predicted molar refractivity (Wildman–Crippen MR) is 315 cm³/mol. The Morgan fingerprint density at radius 1 is 0.914 bits per heavy atom. The van der Waals surface area contributed by atoms with E-state index in [4.69, 9.17) is 18.6 Å². The zero-order valence-corrected chi connectivity index (χ0v) is 48.2. The van der Waals surface area contributed by atoms with E-state index in [-0.39, 0.29) is 62.3 Å². The molecular weight excluding hydrogens is 1050 g/mol. The van der Waals surface area contributed by atoms with E-state index in [0.29, 0.717) is 65.9 Å². The van der Waals surface area contributed by atoms with Gasteiger partial charge < -0.3 is 49.1 Å². The molecule has 1 amide bonds. The van der Waals surface area contributed by atoms with E-state index >= 15 is 4.39 Å². The van der Waals surface area contributed by atoms with Crippen molar-refractivity contribution in [3.05, 3.63) is 130 Å². The van der Waals surface area contributed by atoms with Gasteiger partial charge in [0.25, 0.3) is 21.8 Å². The number of H-pyrrole nitrogens is 2. The highest BCUT2D eigenvalue weighted by Crippen LogP contribution is 2.45. The molecule has 1 aliphatic carbocycles. The first-order valence-corrected chi connectivity index (χ1v) is 30.3. The van der Waals surface area contributed by atoms with Gasteiger partial charge in [0.05, 0.1) is 37.2 Å². The maximum Gasteiger partial charge on any atom is 0.268 e. The third-order valence-electron chi connectivity index (χ3n) is 17.3. The quantitative estimate of drug-likeness (QED) is 0.0511. The Bertz CT molecular complexity index is 3690. The highest BCUT2D eigenvalue weighted by molar-refractivity contribution is 7.90.